The van der Waals surface area contributed by atoms with Gasteiger partial charge in [0.25, 0.3) is 0 Å². The van der Waals surface area contributed by atoms with E-state index in [1.54, 1.807) is 0 Å². The quantitative estimate of drug-likeness (QED) is 0.387. The van der Waals surface area contributed by atoms with Crippen molar-refractivity contribution in [2.24, 2.45) is 0 Å². The molecule has 16 heavy (non-hydrogen) atoms. The Morgan fingerprint density at radius 2 is 1.44 bits per heavy atom. The van der Waals surface area contributed by atoms with Gasteiger partial charge in [0.15, 0.2) is 0 Å². The summed E-state index contributed by atoms with van der Waals surface area (Å²) in [4.78, 5) is 0.882. The molecule has 0 spiro atoms. The van der Waals surface area contributed by atoms with Crippen LogP contribution in [0.2, 0.25) is 0 Å². The minimum absolute atomic E-state index is 0.117. The third-order valence-electron chi connectivity index (χ3n) is 1.41. The summed E-state index contributed by atoms with van der Waals surface area (Å²) in [5.74, 6) is 0. The molecule has 1 rings (SSSR count). The van der Waals surface area contributed by atoms with Crippen LogP contribution in [0.5, 0.6) is 0 Å². The molecule has 90 valence electrons. The fraction of sp³-hybridized carbons (Fsp3) is 0. The molecule has 1 aromatic rings. The second kappa shape index (κ2) is 5.63. The molecule has 0 bridgehead atoms. The molecule has 0 N–H and O–H groups in total. The Kier molecular flexibility index (Phi) is 5.47. The maximum atomic E-state index is 5.95. The summed E-state index contributed by atoms with van der Waals surface area (Å²) in [6.07, 6.45) is 0. The van der Waals surface area contributed by atoms with Gasteiger partial charge in [0.05, 0.1) is 0 Å². The molecule has 0 aliphatic heterocycles. The van der Waals surface area contributed by atoms with Crippen molar-refractivity contribution in [3.05, 3.63) is 39.5 Å². The summed E-state index contributed by atoms with van der Waals surface area (Å²) in [6.45, 7) is 0. The zero-order valence-electron chi connectivity index (χ0n) is 7.51. The van der Waals surface area contributed by atoms with Crippen LogP contribution in [0.15, 0.2) is 44.4 Å². The number of thioether (sulfide) groups is 1. The fourth-order valence-electron chi connectivity index (χ4n) is 0.767. The van der Waals surface area contributed by atoms with Gasteiger partial charge < -0.3 is 0 Å². The Morgan fingerprint density at radius 1 is 0.938 bits per heavy atom. The van der Waals surface area contributed by atoms with E-state index in [-0.39, 0.29) is 9.14 Å². The van der Waals surface area contributed by atoms with Crippen molar-refractivity contribution in [2.75, 3.05) is 0 Å². The van der Waals surface area contributed by atoms with Crippen molar-refractivity contribution in [1.29, 1.82) is 0 Å². The molecule has 0 saturated heterocycles. The normalized spacial score (nSPS) is 16.2. The Morgan fingerprint density at radius 3 is 1.88 bits per heavy atom. The summed E-state index contributed by atoms with van der Waals surface area (Å²) >= 11 is 35.9. The first-order valence-electron chi connectivity index (χ1n) is 3.85. The van der Waals surface area contributed by atoms with Gasteiger partial charge >= 0.3 is 128 Å². The summed E-state index contributed by atoms with van der Waals surface area (Å²) in [5.41, 5.74) is 0. The van der Waals surface area contributed by atoms with Crippen LogP contribution in [-0.2, 0) is 0 Å². The van der Waals surface area contributed by atoms with Crippen LogP contribution < -0.4 is 0 Å². The first-order chi connectivity index (χ1) is 7.17. The van der Waals surface area contributed by atoms with Gasteiger partial charge in [-0.05, 0) is 0 Å². The third kappa shape index (κ3) is 5.00. The number of hydrogen-bond donors (Lipinski definition) is 0. The molecule has 0 saturated carbocycles. The van der Waals surface area contributed by atoms with Gasteiger partial charge in [-0.15, -0.1) is 0 Å². The van der Waals surface area contributed by atoms with Crippen molar-refractivity contribution in [3.63, 3.8) is 0 Å². The van der Waals surface area contributed by atoms with Crippen LogP contribution in [0.3, 0.4) is 0 Å². The molecule has 0 aliphatic rings. The molecular formula is C8H5Cl6PS. The fourth-order valence-corrected chi connectivity index (χ4v) is 5.33. The summed E-state index contributed by atoms with van der Waals surface area (Å²) in [7, 11) is 0. The maximum absolute atomic E-state index is 5.95. The van der Waals surface area contributed by atoms with Crippen LogP contribution in [0.25, 0.3) is 0 Å². The van der Waals surface area contributed by atoms with E-state index in [0.29, 0.717) is 0 Å². The van der Waals surface area contributed by atoms with Crippen molar-refractivity contribution < 1.29 is 0 Å². The van der Waals surface area contributed by atoms with E-state index in [1.807, 2.05) is 30.3 Å². The van der Waals surface area contributed by atoms with E-state index in [1.165, 1.54) is 11.8 Å². The Bertz CT molecular complexity index is 400. The second-order valence-corrected chi connectivity index (χ2v) is 18.1. The molecule has 8 heteroatoms. The molecule has 0 amide bonds. The van der Waals surface area contributed by atoms with Crippen LogP contribution in [0.4, 0.5) is 0 Å². The van der Waals surface area contributed by atoms with Crippen LogP contribution in [0.1, 0.15) is 0 Å². The average molecular weight is 377 g/mol. The van der Waals surface area contributed by atoms with Crippen LogP contribution in [-0.4, -0.2) is 0 Å². The predicted molar refractivity (Wildman–Crippen MR) is 81.4 cm³/mol. The number of rotatable bonds is 3. The Labute approximate surface area is 127 Å². The van der Waals surface area contributed by atoms with Crippen LogP contribution in [0, 0.1) is 0 Å². The number of benzene rings is 1. The average Bonchev–Trinajstić information content (AvgIpc) is 2.15. The van der Waals surface area contributed by atoms with E-state index in [4.69, 9.17) is 68.2 Å². The molecule has 1 aromatic carbocycles. The SMILES string of the molecule is Cl/C(Sc1ccccc1)=C(/Cl)P(Cl)(Cl)(Cl)Cl. The van der Waals surface area contributed by atoms with E-state index < -0.39 is 4.01 Å². The van der Waals surface area contributed by atoms with Crippen molar-refractivity contribution in [1.82, 2.24) is 0 Å². The number of hydrogen-bond acceptors (Lipinski definition) is 1. The second-order valence-electron chi connectivity index (χ2n) is 2.70. The zero-order chi connectivity index (χ0) is 12.4. The first kappa shape index (κ1) is 15.5. The molecule has 0 radical (unpaired) electrons. The number of halogens is 6. The standard InChI is InChI=1S/C8H5Cl6PS/c9-7(15(11,12,13)14)8(10)16-6-4-2-1-3-5-6/h1-5H/b8-7+. The van der Waals surface area contributed by atoms with Gasteiger partial charge in [-0.2, -0.15) is 0 Å². The summed E-state index contributed by atoms with van der Waals surface area (Å²) in [5, 5.41) is 0. The van der Waals surface area contributed by atoms with E-state index in [9.17, 15) is 0 Å². The molecule has 0 heterocycles. The topological polar surface area (TPSA) is 0 Å². The van der Waals surface area contributed by atoms with Gasteiger partial charge in [-0.1, -0.05) is 0 Å². The summed E-state index contributed by atoms with van der Waals surface area (Å²) < 4.78 is -4.01. The molecular weight excluding hydrogens is 372 g/mol. The molecule has 0 aliphatic carbocycles. The van der Waals surface area contributed by atoms with Gasteiger partial charge in [0, 0.05) is 0 Å². The van der Waals surface area contributed by atoms with Gasteiger partial charge in [-0.25, -0.2) is 0 Å². The molecule has 0 nitrogen and oxygen atoms in total. The van der Waals surface area contributed by atoms with Crippen molar-refractivity contribution in [2.45, 2.75) is 4.90 Å². The van der Waals surface area contributed by atoms with E-state index in [2.05, 4.69) is 0 Å². The monoisotopic (exact) mass is 374 g/mol. The van der Waals surface area contributed by atoms with Crippen LogP contribution >= 0.6 is 83.9 Å². The zero-order valence-corrected chi connectivity index (χ0v) is 13.8. The molecule has 0 unspecified atom stereocenters. The van der Waals surface area contributed by atoms with Crippen molar-refractivity contribution >= 4 is 83.9 Å². The van der Waals surface area contributed by atoms with Gasteiger partial charge in [0.1, 0.15) is 0 Å². The predicted octanol–water partition coefficient (Wildman–Crippen LogP) is 7.55. The van der Waals surface area contributed by atoms with Gasteiger partial charge in [-0.3, -0.25) is 0 Å². The van der Waals surface area contributed by atoms with E-state index >= 15 is 0 Å². The molecule has 0 fully saturated rings. The molecule has 0 atom stereocenters. The summed E-state index contributed by atoms with van der Waals surface area (Å²) in [6, 6.07) is 9.33. The third-order valence-corrected chi connectivity index (χ3v) is 8.30. The van der Waals surface area contributed by atoms with Crippen molar-refractivity contribution in [3.8, 4) is 0 Å². The Balaban J connectivity index is 2.96. The van der Waals surface area contributed by atoms with Gasteiger partial charge in [0.2, 0.25) is 0 Å². The first-order valence-corrected chi connectivity index (χ1v) is 11.3. The molecule has 0 aromatic heterocycles. The Hall–Kier alpha value is 1.48. The minimum atomic E-state index is -4.06. The van der Waals surface area contributed by atoms with E-state index in [0.717, 1.165) is 4.90 Å².